The van der Waals surface area contributed by atoms with Crippen molar-refractivity contribution >= 4 is 12.6 Å². The number of thiol groups is 1. The normalized spacial score (nSPS) is 10.7. The Morgan fingerprint density at radius 3 is 2.87 bits per heavy atom. The number of hydrogen-bond acceptors (Lipinski definition) is 3. The van der Waals surface area contributed by atoms with Crippen LogP contribution in [0.25, 0.3) is 0 Å². The summed E-state index contributed by atoms with van der Waals surface area (Å²) >= 11 is 4.08. The van der Waals surface area contributed by atoms with E-state index < -0.39 is 0 Å². The molecule has 0 aliphatic carbocycles. The molecule has 0 unspecified atom stereocenters. The van der Waals surface area contributed by atoms with E-state index in [1.165, 1.54) is 6.20 Å². The summed E-state index contributed by atoms with van der Waals surface area (Å²) in [6.45, 7) is 2.53. The van der Waals surface area contributed by atoms with E-state index in [4.69, 9.17) is 11.5 Å². The Labute approximate surface area is 95.8 Å². The lowest BCUT2D eigenvalue weighted by Crippen LogP contribution is -1.97. The van der Waals surface area contributed by atoms with E-state index in [1.54, 1.807) is 0 Å². The summed E-state index contributed by atoms with van der Waals surface area (Å²) < 4.78 is 0. The number of nitrogens with two attached hydrogens (primary N) is 2. The number of aryl methyl sites for hydroxylation is 1. The largest absolute Gasteiger partial charge is 0.403 e. The summed E-state index contributed by atoms with van der Waals surface area (Å²) in [5, 5.41) is 0. The molecular weight excluding hydrogens is 204 g/mol. The predicted molar refractivity (Wildman–Crippen MR) is 67.2 cm³/mol. The van der Waals surface area contributed by atoms with Crippen molar-refractivity contribution in [3.63, 3.8) is 0 Å². The van der Waals surface area contributed by atoms with Crippen molar-refractivity contribution < 1.29 is 0 Å². The molecule has 1 aromatic carbocycles. The molecule has 1 aromatic rings. The van der Waals surface area contributed by atoms with E-state index in [-0.39, 0.29) is 0 Å². The van der Waals surface area contributed by atoms with Crippen LogP contribution in [0.2, 0.25) is 0 Å². The van der Waals surface area contributed by atoms with Crippen LogP contribution < -0.4 is 11.5 Å². The van der Waals surface area contributed by atoms with Crippen molar-refractivity contribution in [3.8, 4) is 11.8 Å². The van der Waals surface area contributed by atoms with Crippen LogP contribution >= 0.6 is 12.6 Å². The summed E-state index contributed by atoms with van der Waals surface area (Å²) in [6, 6.07) is 6.00. The van der Waals surface area contributed by atoms with Crippen molar-refractivity contribution in [1.82, 2.24) is 0 Å². The molecule has 0 aromatic heterocycles. The molecule has 4 N–H and O–H groups in total. The first-order valence-electron chi connectivity index (χ1n) is 4.60. The Morgan fingerprint density at radius 2 is 2.27 bits per heavy atom. The van der Waals surface area contributed by atoms with Crippen molar-refractivity contribution in [1.29, 1.82) is 0 Å². The van der Waals surface area contributed by atoms with E-state index in [0.29, 0.717) is 11.4 Å². The van der Waals surface area contributed by atoms with Crippen molar-refractivity contribution in [3.05, 3.63) is 46.0 Å². The highest BCUT2D eigenvalue weighted by Gasteiger charge is 1.96. The molecule has 0 bridgehead atoms. The number of benzene rings is 1. The molecule has 2 nitrogen and oxygen atoms in total. The maximum atomic E-state index is 5.56. The lowest BCUT2D eigenvalue weighted by Gasteiger charge is -2.01. The van der Waals surface area contributed by atoms with Crippen molar-refractivity contribution in [2.24, 2.45) is 11.5 Å². The Kier molecular flexibility index (Phi) is 4.29. The van der Waals surface area contributed by atoms with E-state index in [1.807, 2.05) is 25.1 Å². The molecule has 1 rings (SSSR count). The number of allylic oxidation sites excluding steroid dienone is 1. The van der Waals surface area contributed by atoms with Gasteiger partial charge in [-0.1, -0.05) is 24.0 Å². The monoisotopic (exact) mass is 218 g/mol. The SMILES string of the molecule is Cc1ccc(CN)cc1C#C/C(S)=C/N. The third-order valence-corrected chi connectivity index (χ3v) is 2.28. The van der Waals surface area contributed by atoms with E-state index in [0.717, 1.165) is 16.7 Å². The van der Waals surface area contributed by atoms with E-state index in [2.05, 4.69) is 24.5 Å². The average Bonchev–Trinajstić information content (AvgIpc) is 2.27. The minimum atomic E-state index is 0.523. The second-order valence-electron chi connectivity index (χ2n) is 3.16. The number of hydrogen-bond donors (Lipinski definition) is 3. The molecule has 0 heterocycles. The molecule has 0 atom stereocenters. The highest BCUT2D eigenvalue weighted by Crippen LogP contribution is 2.10. The first kappa shape index (κ1) is 11.7. The molecule has 0 radical (unpaired) electrons. The standard InChI is InChI=1S/C12H14N2S/c1-9-2-3-10(7-13)6-11(9)4-5-12(15)8-14/h2-3,6,8,15H,7,13-14H2,1H3/b12-8-. The van der Waals surface area contributed by atoms with Gasteiger partial charge in [-0.3, -0.25) is 0 Å². The van der Waals surface area contributed by atoms with Crippen LogP contribution in [0.4, 0.5) is 0 Å². The highest BCUT2D eigenvalue weighted by molar-refractivity contribution is 7.84. The quantitative estimate of drug-likeness (QED) is 0.494. The van der Waals surface area contributed by atoms with Crippen molar-refractivity contribution in [2.45, 2.75) is 13.5 Å². The van der Waals surface area contributed by atoms with E-state index in [9.17, 15) is 0 Å². The first-order valence-corrected chi connectivity index (χ1v) is 5.04. The van der Waals surface area contributed by atoms with Crippen molar-refractivity contribution in [2.75, 3.05) is 0 Å². The summed E-state index contributed by atoms with van der Waals surface area (Å²) in [7, 11) is 0. The maximum Gasteiger partial charge on any atom is 0.0701 e. The zero-order chi connectivity index (χ0) is 11.3. The zero-order valence-electron chi connectivity index (χ0n) is 8.62. The minimum absolute atomic E-state index is 0.523. The van der Waals surface area contributed by atoms with Gasteiger partial charge in [0.2, 0.25) is 0 Å². The van der Waals surface area contributed by atoms with Gasteiger partial charge in [-0.05, 0) is 24.1 Å². The highest BCUT2D eigenvalue weighted by atomic mass is 32.1. The van der Waals surface area contributed by atoms with Crippen LogP contribution in [0.1, 0.15) is 16.7 Å². The summed E-state index contributed by atoms with van der Waals surface area (Å²) in [5.74, 6) is 5.86. The lowest BCUT2D eigenvalue weighted by molar-refractivity contribution is 1.07. The van der Waals surface area contributed by atoms with Gasteiger partial charge in [0.15, 0.2) is 0 Å². The van der Waals surface area contributed by atoms with Crippen LogP contribution in [0.3, 0.4) is 0 Å². The van der Waals surface area contributed by atoms with Gasteiger partial charge in [0.05, 0.1) is 4.91 Å². The Hall–Kier alpha value is -1.37. The lowest BCUT2D eigenvalue weighted by atomic mass is 10.1. The van der Waals surface area contributed by atoms with Gasteiger partial charge >= 0.3 is 0 Å². The number of rotatable bonds is 1. The van der Waals surface area contributed by atoms with Gasteiger partial charge in [0.25, 0.3) is 0 Å². The molecule has 0 spiro atoms. The summed E-state index contributed by atoms with van der Waals surface area (Å²) in [6.07, 6.45) is 1.37. The molecule has 3 heteroatoms. The fraction of sp³-hybridized carbons (Fsp3) is 0.167. The van der Waals surface area contributed by atoms with E-state index >= 15 is 0 Å². The molecule has 0 saturated carbocycles. The molecule has 0 amide bonds. The van der Waals surface area contributed by atoms with Gasteiger partial charge in [0, 0.05) is 18.3 Å². The first-order chi connectivity index (χ1) is 7.17. The third kappa shape index (κ3) is 3.35. The molecule has 15 heavy (non-hydrogen) atoms. The molecular formula is C12H14N2S. The van der Waals surface area contributed by atoms with Crippen LogP contribution in [-0.4, -0.2) is 0 Å². The third-order valence-electron chi connectivity index (χ3n) is 2.02. The summed E-state index contributed by atoms with van der Waals surface area (Å²) in [5.41, 5.74) is 14.0. The van der Waals surface area contributed by atoms with Gasteiger partial charge < -0.3 is 11.5 Å². The Bertz CT molecular complexity index is 439. The van der Waals surface area contributed by atoms with Crippen LogP contribution in [0.5, 0.6) is 0 Å². The average molecular weight is 218 g/mol. The zero-order valence-corrected chi connectivity index (χ0v) is 9.51. The van der Waals surface area contributed by atoms with Gasteiger partial charge in [-0.2, -0.15) is 0 Å². The molecule has 0 saturated heterocycles. The van der Waals surface area contributed by atoms with Crippen LogP contribution in [0.15, 0.2) is 29.3 Å². The fourth-order valence-corrected chi connectivity index (χ4v) is 1.16. The van der Waals surface area contributed by atoms with Crippen LogP contribution in [-0.2, 0) is 6.54 Å². The second kappa shape index (κ2) is 5.50. The molecule has 0 aliphatic heterocycles. The van der Waals surface area contributed by atoms with Gasteiger partial charge in [-0.15, -0.1) is 12.6 Å². The summed E-state index contributed by atoms with van der Waals surface area (Å²) in [4.78, 5) is 0.563. The topological polar surface area (TPSA) is 52.0 Å². The van der Waals surface area contributed by atoms with Gasteiger partial charge in [0.1, 0.15) is 0 Å². The molecule has 0 aliphatic rings. The van der Waals surface area contributed by atoms with Gasteiger partial charge in [-0.25, -0.2) is 0 Å². The Balaban J connectivity index is 3.06. The second-order valence-corrected chi connectivity index (χ2v) is 3.64. The smallest absolute Gasteiger partial charge is 0.0701 e. The predicted octanol–water partition coefficient (Wildman–Crippen LogP) is 1.54. The molecule has 0 fully saturated rings. The molecule has 78 valence electrons. The fourth-order valence-electron chi connectivity index (χ4n) is 1.10. The maximum absolute atomic E-state index is 5.56. The Morgan fingerprint density at radius 1 is 1.53 bits per heavy atom. The van der Waals surface area contributed by atoms with Crippen LogP contribution in [0, 0.1) is 18.8 Å². The minimum Gasteiger partial charge on any atom is -0.403 e.